The summed E-state index contributed by atoms with van der Waals surface area (Å²) in [5.74, 6) is -0.0750. The van der Waals surface area contributed by atoms with E-state index in [1.165, 1.54) is 11.3 Å². The zero-order chi connectivity index (χ0) is 21.5. The van der Waals surface area contributed by atoms with Gasteiger partial charge in [-0.3, -0.25) is 4.79 Å². The van der Waals surface area contributed by atoms with Gasteiger partial charge in [-0.05, 0) is 36.4 Å². The van der Waals surface area contributed by atoms with Crippen molar-refractivity contribution in [1.82, 2.24) is 4.98 Å². The summed E-state index contributed by atoms with van der Waals surface area (Å²) in [4.78, 5) is 30.8. The molecule has 3 N–H and O–H groups in total. The molecule has 9 heteroatoms. The fraction of sp³-hybridized carbons (Fsp3) is 0.136. The van der Waals surface area contributed by atoms with Crippen LogP contribution in [0.25, 0.3) is 11.0 Å². The molecule has 0 aliphatic carbocycles. The number of amides is 1. The predicted octanol–water partition coefficient (Wildman–Crippen LogP) is 3.37. The van der Waals surface area contributed by atoms with E-state index < -0.39 is 23.6 Å². The van der Waals surface area contributed by atoms with Crippen molar-refractivity contribution in [3.8, 4) is 11.5 Å². The summed E-state index contributed by atoms with van der Waals surface area (Å²) in [6.07, 6.45) is 0.566. The van der Waals surface area contributed by atoms with E-state index in [-0.39, 0.29) is 5.56 Å². The maximum Gasteiger partial charge on any atom is 0.344 e. The van der Waals surface area contributed by atoms with E-state index in [4.69, 9.17) is 19.6 Å². The fourth-order valence-electron chi connectivity index (χ4n) is 3.71. The molecule has 1 aliphatic heterocycles. The minimum Gasteiger partial charge on any atom is -0.497 e. The number of para-hydroxylation sites is 1. The summed E-state index contributed by atoms with van der Waals surface area (Å²) in [5.41, 5.74) is 6.53. The number of methoxy groups -OCH3 is 1. The van der Waals surface area contributed by atoms with E-state index >= 15 is 0 Å². The molecule has 4 aromatic rings. The number of nitrogens with one attached hydrogen (secondary N) is 1. The molecule has 0 bridgehead atoms. The summed E-state index contributed by atoms with van der Waals surface area (Å²) in [6, 6.07) is 14.0. The standard InChI is InChI=1S/C22H17N3O5S/c1-28-12-8-6-11(7-9-12)25-20(26)19-16(15-10-24-22(23)31-15)17-18(30-19)13-4-2-3-5-14(13)29-21(17)27/h2-10,16,19H,1H3,(H2,23,24)(H,25,26)/t16-,19+/m1/s1. The van der Waals surface area contributed by atoms with Crippen molar-refractivity contribution in [3.63, 3.8) is 0 Å². The SMILES string of the molecule is COc1ccc(NC(=O)[C@H]2Oc3c(c(=O)oc4ccccc34)[C@H]2c2cnc(N)s2)cc1. The molecular formula is C22H17N3O5S. The van der Waals surface area contributed by atoms with E-state index in [0.717, 1.165) is 0 Å². The molecule has 1 amide bonds. The van der Waals surface area contributed by atoms with Crippen LogP contribution in [-0.2, 0) is 4.79 Å². The number of nitrogens with zero attached hydrogens (tertiary/aromatic N) is 1. The minimum absolute atomic E-state index is 0.289. The number of carbonyl (C=O) groups excluding carboxylic acids is 1. The average molecular weight is 435 g/mol. The monoisotopic (exact) mass is 435 g/mol. The van der Waals surface area contributed by atoms with Crippen molar-refractivity contribution in [1.29, 1.82) is 0 Å². The second-order valence-corrected chi connectivity index (χ2v) is 8.06. The Labute approximate surface area is 180 Å². The highest BCUT2D eigenvalue weighted by molar-refractivity contribution is 7.15. The smallest absolute Gasteiger partial charge is 0.344 e. The highest BCUT2D eigenvalue weighted by atomic mass is 32.1. The molecule has 3 heterocycles. The van der Waals surface area contributed by atoms with E-state index in [9.17, 15) is 9.59 Å². The van der Waals surface area contributed by atoms with Crippen molar-refractivity contribution >= 4 is 39.0 Å². The zero-order valence-electron chi connectivity index (χ0n) is 16.3. The van der Waals surface area contributed by atoms with Crippen molar-refractivity contribution in [2.24, 2.45) is 0 Å². The number of hydrogen-bond donors (Lipinski definition) is 2. The van der Waals surface area contributed by atoms with Crippen LogP contribution in [0.2, 0.25) is 0 Å². The van der Waals surface area contributed by atoms with Gasteiger partial charge < -0.3 is 24.9 Å². The fourth-order valence-corrected chi connectivity index (χ4v) is 4.53. The third-order valence-electron chi connectivity index (χ3n) is 5.12. The Morgan fingerprint density at radius 2 is 1.97 bits per heavy atom. The van der Waals surface area contributed by atoms with Crippen molar-refractivity contribution < 1.29 is 18.7 Å². The van der Waals surface area contributed by atoms with Gasteiger partial charge in [0.05, 0.1) is 24.0 Å². The van der Waals surface area contributed by atoms with E-state index in [1.54, 1.807) is 55.8 Å². The summed E-state index contributed by atoms with van der Waals surface area (Å²) >= 11 is 1.20. The Kier molecular flexibility index (Phi) is 4.59. The Morgan fingerprint density at radius 1 is 1.19 bits per heavy atom. The maximum absolute atomic E-state index is 13.2. The number of nitrogens with two attached hydrogens (primary N) is 1. The van der Waals surface area contributed by atoms with Crippen LogP contribution in [0.4, 0.5) is 10.8 Å². The van der Waals surface area contributed by atoms with Gasteiger partial charge in [0.25, 0.3) is 5.91 Å². The first kappa shape index (κ1) is 19.1. The average Bonchev–Trinajstić information content (AvgIpc) is 3.38. The minimum atomic E-state index is -0.995. The number of carbonyl (C=O) groups is 1. The summed E-state index contributed by atoms with van der Waals surface area (Å²) in [5, 5.41) is 3.81. The van der Waals surface area contributed by atoms with Gasteiger partial charge in [-0.15, -0.1) is 11.3 Å². The third-order valence-corrected chi connectivity index (χ3v) is 6.03. The molecular weight excluding hydrogens is 418 g/mol. The first-order chi connectivity index (χ1) is 15.0. The lowest BCUT2D eigenvalue weighted by Gasteiger charge is -2.17. The number of anilines is 2. The van der Waals surface area contributed by atoms with Crippen molar-refractivity contribution in [2.45, 2.75) is 12.0 Å². The molecule has 5 rings (SSSR count). The molecule has 0 saturated heterocycles. The number of aromatic nitrogens is 1. The third kappa shape index (κ3) is 3.28. The van der Waals surface area contributed by atoms with Crippen LogP contribution in [0.15, 0.2) is 63.9 Å². The molecule has 156 valence electrons. The molecule has 2 aromatic heterocycles. The van der Waals surface area contributed by atoms with Crippen LogP contribution in [0.5, 0.6) is 11.5 Å². The molecule has 0 fully saturated rings. The highest BCUT2D eigenvalue weighted by Crippen LogP contribution is 2.46. The molecule has 0 radical (unpaired) electrons. The van der Waals surface area contributed by atoms with Crippen LogP contribution in [-0.4, -0.2) is 24.1 Å². The Balaban J connectivity index is 1.58. The molecule has 0 saturated carbocycles. The number of rotatable bonds is 4. The van der Waals surface area contributed by atoms with Gasteiger partial charge >= 0.3 is 5.63 Å². The number of thiazole rings is 1. The largest absolute Gasteiger partial charge is 0.497 e. The first-order valence-electron chi connectivity index (χ1n) is 9.43. The van der Waals surface area contributed by atoms with Gasteiger partial charge in [-0.25, -0.2) is 9.78 Å². The number of hydrogen-bond acceptors (Lipinski definition) is 8. The molecule has 0 unspecified atom stereocenters. The number of nitrogen functional groups attached to an aromatic ring is 1. The van der Waals surface area contributed by atoms with Gasteiger partial charge in [0, 0.05) is 16.8 Å². The lowest BCUT2D eigenvalue weighted by molar-refractivity contribution is -0.122. The normalized spacial score (nSPS) is 17.2. The second-order valence-electron chi connectivity index (χ2n) is 6.96. The van der Waals surface area contributed by atoms with Crippen LogP contribution in [0, 0.1) is 0 Å². The quantitative estimate of drug-likeness (QED) is 0.472. The van der Waals surface area contributed by atoms with E-state index in [0.29, 0.717) is 38.2 Å². The highest BCUT2D eigenvalue weighted by Gasteiger charge is 2.45. The van der Waals surface area contributed by atoms with Gasteiger partial charge in [-0.2, -0.15) is 0 Å². The lowest BCUT2D eigenvalue weighted by Crippen LogP contribution is -2.35. The van der Waals surface area contributed by atoms with Crippen LogP contribution in [0.1, 0.15) is 16.4 Å². The summed E-state index contributed by atoms with van der Waals surface area (Å²) in [7, 11) is 1.57. The van der Waals surface area contributed by atoms with Crippen molar-refractivity contribution in [2.75, 3.05) is 18.2 Å². The lowest BCUT2D eigenvalue weighted by atomic mass is 9.94. The number of fused-ring (bicyclic) bond motifs is 3. The number of benzene rings is 2. The number of ether oxygens (including phenoxy) is 2. The Hall–Kier alpha value is -3.85. The topological polar surface area (TPSA) is 117 Å². The first-order valence-corrected chi connectivity index (χ1v) is 10.3. The molecule has 31 heavy (non-hydrogen) atoms. The Morgan fingerprint density at radius 3 is 2.68 bits per heavy atom. The van der Waals surface area contributed by atoms with Crippen LogP contribution >= 0.6 is 11.3 Å². The summed E-state index contributed by atoms with van der Waals surface area (Å²) in [6.45, 7) is 0. The van der Waals surface area contributed by atoms with Gasteiger partial charge in [0.15, 0.2) is 11.2 Å². The van der Waals surface area contributed by atoms with Crippen LogP contribution < -0.4 is 26.1 Å². The molecule has 8 nitrogen and oxygen atoms in total. The van der Waals surface area contributed by atoms with E-state index in [2.05, 4.69) is 10.3 Å². The van der Waals surface area contributed by atoms with Crippen LogP contribution in [0.3, 0.4) is 0 Å². The maximum atomic E-state index is 13.2. The van der Waals surface area contributed by atoms with Gasteiger partial charge in [0.1, 0.15) is 17.1 Å². The molecule has 1 aliphatic rings. The second kappa shape index (κ2) is 7.44. The molecule has 2 atom stereocenters. The van der Waals surface area contributed by atoms with Gasteiger partial charge in [-0.1, -0.05) is 12.1 Å². The molecule has 2 aromatic carbocycles. The zero-order valence-corrected chi connectivity index (χ0v) is 17.1. The summed E-state index contributed by atoms with van der Waals surface area (Å²) < 4.78 is 16.8. The van der Waals surface area contributed by atoms with E-state index in [1.807, 2.05) is 6.07 Å². The predicted molar refractivity (Wildman–Crippen MR) is 117 cm³/mol. The molecule has 0 spiro atoms. The van der Waals surface area contributed by atoms with Gasteiger partial charge in [0.2, 0.25) is 0 Å². The van der Waals surface area contributed by atoms with Crippen molar-refractivity contribution in [3.05, 3.63) is 75.6 Å². The Bertz CT molecular complexity index is 1350.